The number of likely N-dealkylation sites (N-methyl/N-ethyl adjacent to an activating group) is 1. The summed E-state index contributed by atoms with van der Waals surface area (Å²) >= 11 is 0. The third-order valence-electron chi connectivity index (χ3n) is 5.11. The Kier molecular flexibility index (Phi) is 9.83. The maximum Gasteiger partial charge on any atom is 0.241 e. The van der Waals surface area contributed by atoms with Crippen molar-refractivity contribution in [3.05, 3.63) is 23.8 Å². The topological polar surface area (TPSA) is 75.2 Å². The molecule has 1 aliphatic carbocycles. The van der Waals surface area contributed by atoms with Crippen molar-refractivity contribution in [2.24, 2.45) is 4.99 Å². The van der Waals surface area contributed by atoms with Gasteiger partial charge in [-0.15, -0.1) is 24.0 Å². The van der Waals surface area contributed by atoms with Crippen LogP contribution in [0.5, 0.6) is 11.5 Å². The molecule has 162 valence electrons. The van der Waals surface area contributed by atoms with Crippen LogP contribution in [0.3, 0.4) is 0 Å². The fraction of sp³-hybridized carbons (Fsp3) is 0.619. The summed E-state index contributed by atoms with van der Waals surface area (Å²) < 4.78 is 11.7. The molecule has 2 N–H and O–H groups in total. The van der Waals surface area contributed by atoms with E-state index in [1.165, 1.54) is 19.3 Å². The molecule has 0 saturated heterocycles. The summed E-state index contributed by atoms with van der Waals surface area (Å²) in [5.74, 6) is 2.26. The zero-order valence-electron chi connectivity index (χ0n) is 17.4. The molecule has 8 heteroatoms. The van der Waals surface area contributed by atoms with Crippen molar-refractivity contribution < 1.29 is 14.3 Å². The fourth-order valence-corrected chi connectivity index (χ4v) is 3.45. The highest BCUT2D eigenvalue weighted by atomic mass is 127. The summed E-state index contributed by atoms with van der Waals surface area (Å²) in [6.07, 6.45) is 6.92. The lowest BCUT2D eigenvalue weighted by Gasteiger charge is -2.25. The number of amides is 1. The Balaban J connectivity index is 0.00000300. The molecule has 29 heavy (non-hydrogen) atoms. The van der Waals surface area contributed by atoms with E-state index in [4.69, 9.17) is 14.5 Å². The number of hydrogen-bond acceptors (Lipinski definition) is 4. The summed E-state index contributed by atoms with van der Waals surface area (Å²) in [5.41, 5.74) is 0.989. The first-order valence-electron chi connectivity index (χ1n) is 10.3. The number of ether oxygens (including phenoxy) is 2. The fourth-order valence-electron chi connectivity index (χ4n) is 3.45. The van der Waals surface area contributed by atoms with Gasteiger partial charge in [-0.1, -0.05) is 31.4 Å². The molecule has 1 aromatic rings. The van der Waals surface area contributed by atoms with Gasteiger partial charge in [0, 0.05) is 32.1 Å². The van der Waals surface area contributed by atoms with Crippen molar-refractivity contribution in [1.82, 2.24) is 15.5 Å². The van der Waals surface area contributed by atoms with Crippen LogP contribution in [-0.2, 0) is 11.3 Å². The van der Waals surface area contributed by atoms with E-state index in [1.807, 2.05) is 18.2 Å². The molecule has 3 rings (SSSR count). The lowest BCUT2D eigenvalue weighted by atomic mass is 9.96. The zero-order chi connectivity index (χ0) is 19.8. The Hall–Kier alpha value is -1.71. The molecule has 1 aliphatic heterocycles. The van der Waals surface area contributed by atoms with Gasteiger partial charge in [-0.2, -0.15) is 0 Å². The molecule has 1 fully saturated rings. The first kappa shape index (κ1) is 23.6. The highest BCUT2D eigenvalue weighted by Crippen LogP contribution is 2.33. The van der Waals surface area contributed by atoms with E-state index in [0.29, 0.717) is 31.8 Å². The van der Waals surface area contributed by atoms with Crippen LogP contribution in [0.1, 0.15) is 44.1 Å². The number of carbonyl (C=O) groups is 1. The average Bonchev–Trinajstić information content (AvgIpc) is 2.96. The van der Waals surface area contributed by atoms with Gasteiger partial charge in [0.2, 0.25) is 5.91 Å². The van der Waals surface area contributed by atoms with Crippen molar-refractivity contribution in [3.63, 3.8) is 0 Å². The Labute approximate surface area is 190 Å². The number of rotatable bonds is 5. The maximum atomic E-state index is 12.0. The van der Waals surface area contributed by atoms with E-state index in [1.54, 1.807) is 19.0 Å². The van der Waals surface area contributed by atoms with Crippen molar-refractivity contribution >= 4 is 35.8 Å². The number of hydrogen-bond donors (Lipinski definition) is 2. The number of carbonyl (C=O) groups excluding carboxylic acids is 1. The van der Waals surface area contributed by atoms with Crippen LogP contribution in [0, 0.1) is 0 Å². The number of benzene rings is 1. The number of fused-ring (bicyclic) bond motifs is 1. The molecular formula is C21H33IN4O3. The SMILES string of the molecule is CN(C)C(=O)CNC(=NCc1cccc2c1OCCCO2)NC1CCCCC1.I. The number of halogens is 1. The highest BCUT2D eigenvalue weighted by molar-refractivity contribution is 14.0. The number of aliphatic imine (C=N–C) groups is 1. The molecule has 1 saturated carbocycles. The van der Waals surface area contributed by atoms with Crippen LogP contribution in [0.2, 0.25) is 0 Å². The molecule has 2 aliphatic rings. The third-order valence-corrected chi connectivity index (χ3v) is 5.11. The quantitative estimate of drug-likeness (QED) is 0.358. The normalized spacial score (nSPS) is 17.0. The lowest BCUT2D eigenvalue weighted by Crippen LogP contribution is -2.47. The summed E-state index contributed by atoms with van der Waals surface area (Å²) in [4.78, 5) is 18.3. The molecule has 0 aromatic heterocycles. The van der Waals surface area contributed by atoms with E-state index >= 15 is 0 Å². The minimum atomic E-state index is 0. The largest absolute Gasteiger partial charge is 0.490 e. The van der Waals surface area contributed by atoms with Gasteiger partial charge in [-0.3, -0.25) is 4.79 Å². The van der Waals surface area contributed by atoms with Gasteiger partial charge in [-0.25, -0.2) is 4.99 Å². The molecule has 0 spiro atoms. The van der Waals surface area contributed by atoms with E-state index in [-0.39, 0.29) is 36.4 Å². The van der Waals surface area contributed by atoms with Crippen LogP contribution >= 0.6 is 24.0 Å². The first-order valence-corrected chi connectivity index (χ1v) is 10.3. The van der Waals surface area contributed by atoms with Gasteiger partial charge in [-0.05, 0) is 18.9 Å². The molecule has 0 radical (unpaired) electrons. The van der Waals surface area contributed by atoms with E-state index < -0.39 is 0 Å². The average molecular weight is 516 g/mol. The predicted molar refractivity (Wildman–Crippen MR) is 125 cm³/mol. The van der Waals surface area contributed by atoms with Gasteiger partial charge in [0.25, 0.3) is 0 Å². The van der Waals surface area contributed by atoms with Crippen LogP contribution in [0.15, 0.2) is 23.2 Å². The number of nitrogens with zero attached hydrogens (tertiary/aromatic N) is 2. The molecule has 1 heterocycles. The van der Waals surface area contributed by atoms with Crippen molar-refractivity contribution in [2.75, 3.05) is 33.9 Å². The standard InChI is InChI=1S/C21H32N4O3.HI/c1-25(2)19(26)15-23-21(24-17-9-4-3-5-10-17)22-14-16-8-6-11-18-20(16)28-13-7-12-27-18;/h6,8,11,17H,3-5,7,9-10,12-15H2,1-2H3,(H2,22,23,24);1H. The van der Waals surface area contributed by atoms with Gasteiger partial charge >= 0.3 is 0 Å². The van der Waals surface area contributed by atoms with Crippen LogP contribution in [0.4, 0.5) is 0 Å². The van der Waals surface area contributed by atoms with Crippen molar-refractivity contribution in [1.29, 1.82) is 0 Å². The molecule has 0 atom stereocenters. The van der Waals surface area contributed by atoms with E-state index in [2.05, 4.69) is 10.6 Å². The summed E-state index contributed by atoms with van der Waals surface area (Å²) in [6, 6.07) is 6.32. The van der Waals surface area contributed by atoms with Gasteiger partial charge in [0.05, 0.1) is 26.3 Å². The minimum Gasteiger partial charge on any atom is -0.490 e. The first-order chi connectivity index (χ1) is 13.6. The van der Waals surface area contributed by atoms with Crippen LogP contribution in [-0.4, -0.2) is 56.7 Å². The highest BCUT2D eigenvalue weighted by Gasteiger charge is 2.17. The summed E-state index contributed by atoms with van der Waals surface area (Å²) in [6.45, 7) is 2.00. The summed E-state index contributed by atoms with van der Waals surface area (Å²) in [7, 11) is 3.51. The Morgan fingerprint density at radius 1 is 1.14 bits per heavy atom. The molecular weight excluding hydrogens is 483 g/mol. The van der Waals surface area contributed by atoms with Crippen LogP contribution < -0.4 is 20.1 Å². The predicted octanol–water partition coefficient (Wildman–Crippen LogP) is 2.92. The summed E-state index contributed by atoms with van der Waals surface area (Å²) in [5, 5.41) is 6.70. The van der Waals surface area contributed by atoms with Crippen molar-refractivity contribution in [2.45, 2.75) is 51.1 Å². The number of nitrogens with one attached hydrogen (secondary N) is 2. The Morgan fingerprint density at radius 2 is 1.90 bits per heavy atom. The monoisotopic (exact) mass is 516 g/mol. The smallest absolute Gasteiger partial charge is 0.241 e. The Morgan fingerprint density at radius 3 is 2.66 bits per heavy atom. The zero-order valence-corrected chi connectivity index (χ0v) is 19.7. The minimum absolute atomic E-state index is 0. The van der Waals surface area contributed by atoms with E-state index in [9.17, 15) is 4.79 Å². The van der Waals surface area contributed by atoms with E-state index in [0.717, 1.165) is 36.3 Å². The van der Waals surface area contributed by atoms with Gasteiger partial charge in [0.15, 0.2) is 17.5 Å². The van der Waals surface area contributed by atoms with Gasteiger partial charge in [0.1, 0.15) is 0 Å². The van der Waals surface area contributed by atoms with Crippen molar-refractivity contribution in [3.8, 4) is 11.5 Å². The second kappa shape index (κ2) is 12.1. The second-order valence-corrected chi connectivity index (χ2v) is 7.58. The number of para-hydroxylation sites is 1. The Bertz CT molecular complexity index is 691. The lowest BCUT2D eigenvalue weighted by molar-refractivity contribution is -0.127. The molecule has 1 amide bonds. The number of guanidine groups is 1. The third kappa shape index (κ3) is 7.24. The molecule has 0 unspecified atom stereocenters. The maximum absolute atomic E-state index is 12.0. The van der Waals surface area contributed by atoms with Gasteiger partial charge < -0.3 is 25.0 Å². The molecule has 1 aromatic carbocycles. The molecule has 0 bridgehead atoms. The van der Waals surface area contributed by atoms with Crippen LogP contribution in [0.25, 0.3) is 0 Å². The molecule has 7 nitrogen and oxygen atoms in total. The second-order valence-electron chi connectivity index (χ2n) is 7.58.